The number of carbonyl (C=O) groups is 2. The number of carboxylic acids is 1. The van der Waals surface area contributed by atoms with Crippen LogP contribution in [0.15, 0.2) is 54.6 Å². The van der Waals surface area contributed by atoms with E-state index in [0.29, 0.717) is 18.4 Å². The third-order valence-electron chi connectivity index (χ3n) is 4.05. The first-order valence-electron chi connectivity index (χ1n) is 8.69. The zero-order valence-corrected chi connectivity index (χ0v) is 15.7. The monoisotopic (exact) mass is 389 g/mol. The van der Waals surface area contributed by atoms with Crippen LogP contribution in [0.4, 0.5) is 0 Å². The zero-order valence-electron chi connectivity index (χ0n) is 14.9. The van der Waals surface area contributed by atoms with Crippen LogP contribution in [0.5, 0.6) is 0 Å². The van der Waals surface area contributed by atoms with Crippen molar-refractivity contribution in [3.63, 3.8) is 0 Å². The number of benzene rings is 2. The summed E-state index contributed by atoms with van der Waals surface area (Å²) in [5, 5.41) is 11.8. The van der Waals surface area contributed by atoms with Crippen molar-refractivity contribution >= 4 is 21.7 Å². The molecule has 2 aromatic carbocycles. The van der Waals surface area contributed by atoms with Crippen LogP contribution in [0.2, 0.25) is 0 Å². The summed E-state index contributed by atoms with van der Waals surface area (Å²) >= 11 is 0. The molecule has 144 valence electrons. The molecule has 2 aromatic rings. The maximum atomic E-state index is 12.1. The summed E-state index contributed by atoms with van der Waals surface area (Å²) in [6.45, 7) is 0.271. The van der Waals surface area contributed by atoms with E-state index in [1.807, 2.05) is 6.07 Å². The van der Waals surface area contributed by atoms with Crippen molar-refractivity contribution in [1.82, 2.24) is 5.32 Å². The van der Waals surface area contributed by atoms with Gasteiger partial charge in [0.2, 0.25) is 5.91 Å². The van der Waals surface area contributed by atoms with E-state index in [1.54, 1.807) is 42.5 Å². The van der Waals surface area contributed by atoms with E-state index in [1.165, 1.54) is 6.07 Å². The quantitative estimate of drug-likeness (QED) is 0.608. The zero-order chi connectivity index (χ0) is 19.7. The Morgan fingerprint density at radius 2 is 1.63 bits per heavy atom. The fourth-order valence-electron chi connectivity index (χ4n) is 2.70. The summed E-state index contributed by atoms with van der Waals surface area (Å²) in [5.74, 6) is -1.25. The lowest BCUT2D eigenvalue weighted by Gasteiger charge is -2.08. The van der Waals surface area contributed by atoms with Crippen LogP contribution >= 0.6 is 0 Å². The summed E-state index contributed by atoms with van der Waals surface area (Å²) in [6.07, 6.45) is 0.814. The average Bonchev–Trinajstić information content (AvgIpc) is 2.64. The highest BCUT2D eigenvalue weighted by Gasteiger charge is 2.13. The standard InChI is InChI=1S/C20H23NO5S/c22-19(12-11-17-9-4-5-10-18(17)20(23)24)21-13-6-14-27(25,26)15-16-7-2-1-3-8-16/h1-5,7-10H,6,11-15H2,(H,21,22)(H,23,24). The average molecular weight is 389 g/mol. The molecular formula is C20H23NO5S. The summed E-state index contributed by atoms with van der Waals surface area (Å²) in [4.78, 5) is 23.0. The number of sulfone groups is 1. The summed E-state index contributed by atoms with van der Waals surface area (Å²) in [5.41, 5.74) is 1.54. The van der Waals surface area contributed by atoms with Crippen molar-refractivity contribution in [2.24, 2.45) is 0 Å². The van der Waals surface area contributed by atoms with Crippen molar-refractivity contribution in [3.05, 3.63) is 71.3 Å². The highest BCUT2D eigenvalue weighted by atomic mass is 32.2. The molecule has 0 atom stereocenters. The van der Waals surface area contributed by atoms with E-state index >= 15 is 0 Å². The highest BCUT2D eigenvalue weighted by Crippen LogP contribution is 2.11. The van der Waals surface area contributed by atoms with Gasteiger partial charge < -0.3 is 10.4 Å². The molecule has 0 aliphatic carbocycles. The van der Waals surface area contributed by atoms with Crippen molar-refractivity contribution in [1.29, 1.82) is 0 Å². The van der Waals surface area contributed by atoms with Gasteiger partial charge in [0.05, 0.1) is 17.1 Å². The topological polar surface area (TPSA) is 101 Å². The van der Waals surface area contributed by atoms with Gasteiger partial charge in [-0.2, -0.15) is 0 Å². The normalized spacial score (nSPS) is 11.1. The maximum Gasteiger partial charge on any atom is 0.335 e. The van der Waals surface area contributed by atoms with Crippen molar-refractivity contribution in [2.75, 3.05) is 12.3 Å². The van der Waals surface area contributed by atoms with E-state index in [-0.39, 0.29) is 35.9 Å². The predicted molar refractivity (Wildman–Crippen MR) is 103 cm³/mol. The lowest BCUT2D eigenvalue weighted by Crippen LogP contribution is -2.26. The fraction of sp³-hybridized carbons (Fsp3) is 0.300. The van der Waals surface area contributed by atoms with Gasteiger partial charge in [-0.3, -0.25) is 4.79 Å². The van der Waals surface area contributed by atoms with Crippen molar-refractivity contribution in [2.45, 2.75) is 25.0 Å². The fourth-order valence-corrected chi connectivity index (χ4v) is 4.13. The molecule has 0 saturated heterocycles. The first kappa shape index (κ1) is 20.6. The Kier molecular flexibility index (Phi) is 7.55. The molecule has 0 aromatic heterocycles. The van der Waals surface area contributed by atoms with E-state index in [4.69, 9.17) is 5.11 Å². The predicted octanol–water partition coefficient (Wildman–Crippen LogP) is 2.44. The first-order chi connectivity index (χ1) is 12.9. The lowest BCUT2D eigenvalue weighted by molar-refractivity contribution is -0.121. The summed E-state index contributed by atoms with van der Waals surface area (Å²) in [6, 6.07) is 15.5. The minimum Gasteiger partial charge on any atom is -0.478 e. The smallest absolute Gasteiger partial charge is 0.335 e. The van der Waals surface area contributed by atoms with Gasteiger partial charge in [-0.15, -0.1) is 0 Å². The van der Waals surface area contributed by atoms with Crippen LogP contribution in [0.1, 0.15) is 34.3 Å². The van der Waals surface area contributed by atoms with Crippen LogP contribution in [0.3, 0.4) is 0 Å². The number of rotatable bonds is 10. The Balaban J connectivity index is 1.71. The molecule has 2 rings (SSSR count). The molecule has 0 unspecified atom stereocenters. The molecule has 7 heteroatoms. The van der Waals surface area contributed by atoms with Crippen molar-refractivity contribution in [3.8, 4) is 0 Å². The number of nitrogens with one attached hydrogen (secondary N) is 1. The number of amides is 1. The van der Waals surface area contributed by atoms with Gasteiger partial charge in [0.15, 0.2) is 9.84 Å². The van der Waals surface area contributed by atoms with Crippen LogP contribution in [0.25, 0.3) is 0 Å². The minimum absolute atomic E-state index is 0.00399. The molecule has 0 spiro atoms. The van der Waals surface area contributed by atoms with Gasteiger partial charge in [-0.1, -0.05) is 48.5 Å². The Bertz CT molecular complexity index is 878. The van der Waals surface area contributed by atoms with Gasteiger partial charge in [0.25, 0.3) is 0 Å². The molecule has 0 radical (unpaired) electrons. The molecule has 1 amide bonds. The summed E-state index contributed by atoms with van der Waals surface area (Å²) in [7, 11) is -3.22. The number of aryl methyl sites for hydroxylation is 1. The maximum absolute atomic E-state index is 12.1. The number of carboxylic acid groups (broad SMARTS) is 1. The minimum atomic E-state index is -3.22. The van der Waals surface area contributed by atoms with E-state index in [2.05, 4.69) is 5.32 Å². The molecule has 0 heterocycles. The molecular weight excluding hydrogens is 366 g/mol. The summed E-state index contributed by atoms with van der Waals surface area (Å²) < 4.78 is 24.2. The first-order valence-corrected chi connectivity index (χ1v) is 10.5. The second kappa shape index (κ2) is 9.87. The highest BCUT2D eigenvalue weighted by molar-refractivity contribution is 7.90. The van der Waals surface area contributed by atoms with Crippen molar-refractivity contribution < 1.29 is 23.1 Å². The number of hydrogen-bond donors (Lipinski definition) is 2. The lowest BCUT2D eigenvalue weighted by atomic mass is 10.0. The van der Waals surface area contributed by atoms with Gasteiger partial charge in [-0.25, -0.2) is 13.2 Å². The Morgan fingerprint density at radius 1 is 0.963 bits per heavy atom. The van der Waals surface area contributed by atoms with Crippen LogP contribution < -0.4 is 5.32 Å². The molecule has 0 saturated carbocycles. The number of carbonyl (C=O) groups excluding carboxylic acids is 1. The molecule has 0 fully saturated rings. The molecule has 27 heavy (non-hydrogen) atoms. The van der Waals surface area contributed by atoms with E-state index in [9.17, 15) is 18.0 Å². The van der Waals surface area contributed by atoms with E-state index < -0.39 is 15.8 Å². The largest absolute Gasteiger partial charge is 0.478 e. The van der Waals surface area contributed by atoms with Gasteiger partial charge in [0, 0.05) is 13.0 Å². The van der Waals surface area contributed by atoms with Gasteiger partial charge in [-0.05, 0) is 30.0 Å². The Hall–Kier alpha value is -2.67. The van der Waals surface area contributed by atoms with E-state index in [0.717, 1.165) is 5.56 Å². The SMILES string of the molecule is O=C(CCc1ccccc1C(=O)O)NCCCS(=O)(=O)Cc1ccccc1. The Morgan fingerprint density at radius 3 is 2.33 bits per heavy atom. The third-order valence-corrected chi connectivity index (χ3v) is 5.74. The Labute approximate surface area is 159 Å². The second-order valence-corrected chi connectivity index (χ2v) is 8.43. The van der Waals surface area contributed by atoms with Crippen LogP contribution in [-0.2, 0) is 26.8 Å². The van der Waals surface area contributed by atoms with Gasteiger partial charge >= 0.3 is 5.97 Å². The molecule has 0 bridgehead atoms. The third kappa shape index (κ3) is 7.22. The molecule has 2 N–H and O–H groups in total. The molecule has 6 nitrogen and oxygen atoms in total. The van der Waals surface area contributed by atoms with Crippen LogP contribution in [-0.4, -0.2) is 37.7 Å². The van der Waals surface area contributed by atoms with Crippen LogP contribution in [0, 0.1) is 0 Å². The molecule has 0 aliphatic heterocycles. The molecule has 0 aliphatic rings. The number of aromatic carboxylic acids is 1. The number of hydrogen-bond acceptors (Lipinski definition) is 4. The second-order valence-electron chi connectivity index (χ2n) is 6.24. The van der Waals surface area contributed by atoms with Gasteiger partial charge in [0.1, 0.15) is 0 Å².